The van der Waals surface area contributed by atoms with Crippen LogP contribution in [0.2, 0.25) is 0 Å². The molecule has 2 aromatic heterocycles. The van der Waals surface area contributed by atoms with Gasteiger partial charge in [-0.2, -0.15) is 0 Å². The van der Waals surface area contributed by atoms with Crippen LogP contribution in [0.5, 0.6) is 0 Å². The molecule has 2 aromatic rings. The lowest BCUT2D eigenvalue weighted by Gasteiger charge is -2.10. The Morgan fingerprint density at radius 1 is 1.60 bits per heavy atom. The van der Waals surface area contributed by atoms with E-state index >= 15 is 0 Å². The van der Waals surface area contributed by atoms with Gasteiger partial charge in [0.2, 0.25) is 10.0 Å². The van der Waals surface area contributed by atoms with E-state index in [1.54, 1.807) is 13.1 Å². The predicted molar refractivity (Wildman–Crippen MR) is 77.9 cm³/mol. The summed E-state index contributed by atoms with van der Waals surface area (Å²) in [6.45, 7) is 3.26. The van der Waals surface area contributed by atoms with Gasteiger partial charge in [-0.15, -0.1) is 11.3 Å². The summed E-state index contributed by atoms with van der Waals surface area (Å²) in [4.78, 5) is 5.13. The van der Waals surface area contributed by atoms with Gasteiger partial charge in [0.1, 0.15) is 22.3 Å². The number of aryl methyl sites for hydroxylation is 1. The number of hydrogen-bond acceptors (Lipinski definition) is 6. The summed E-state index contributed by atoms with van der Waals surface area (Å²) >= 11 is 4.47. The fourth-order valence-electron chi connectivity index (χ4n) is 1.58. The van der Waals surface area contributed by atoms with E-state index in [0.717, 1.165) is 4.88 Å². The van der Waals surface area contributed by atoms with Crippen molar-refractivity contribution in [3.63, 3.8) is 0 Å². The number of nitrogens with zero attached hydrogens (tertiary/aromatic N) is 1. The van der Waals surface area contributed by atoms with Crippen molar-refractivity contribution in [1.82, 2.24) is 9.71 Å². The number of nitrogens with one attached hydrogen (secondary N) is 1. The summed E-state index contributed by atoms with van der Waals surface area (Å²) in [6.07, 6.45) is 1.70. The minimum absolute atomic E-state index is 0.0401. The van der Waals surface area contributed by atoms with Gasteiger partial charge < -0.3 is 9.52 Å². The first-order valence-corrected chi connectivity index (χ1v) is 8.76. The molecule has 1 atom stereocenters. The van der Waals surface area contributed by atoms with Gasteiger partial charge in [0.05, 0.1) is 6.04 Å². The van der Waals surface area contributed by atoms with Crippen LogP contribution in [0.3, 0.4) is 0 Å². The monoisotopic (exact) mass is 380 g/mol. The Hall–Kier alpha value is -0.740. The van der Waals surface area contributed by atoms with Crippen LogP contribution in [-0.2, 0) is 16.6 Å². The number of thiazole rings is 1. The number of furan rings is 1. The minimum atomic E-state index is -3.75. The topological polar surface area (TPSA) is 92.4 Å². The van der Waals surface area contributed by atoms with Gasteiger partial charge in [0, 0.05) is 17.1 Å². The average molecular weight is 381 g/mol. The van der Waals surface area contributed by atoms with E-state index in [1.807, 2.05) is 6.92 Å². The van der Waals surface area contributed by atoms with Gasteiger partial charge in [-0.05, 0) is 29.8 Å². The van der Waals surface area contributed by atoms with Gasteiger partial charge >= 0.3 is 0 Å². The molecule has 0 saturated heterocycles. The zero-order valence-electron chi connectivity index (χ0n) is 10.8. The number of aliphatic hydroxyl groups is 1. The largest absolute Gasteiger partial charge is 0.450 e. The quantitative estimate of drug-likeness (QED) is 0.830. The van der Waals surface area contributed by atoms with Crippen molar-refractivity contribution >= 4 is 37.3 Å². The molecule has 20 heavy (non-hydrogen) atoms. The first-order valence-electron chi connectivity index (χ1n) is 5.67. The van der Waals surface area contributed by atoms with Gasteiger partial charge in [0.25, 0.3) is 0 Å². The second kappa shape index (κ2) is 5.94. The van der Waals surface area contributed by atoms with E-state index < -0.39 is 16.1 Å². The highest BCUT2D eigenvalue weighted by molar-refractivity contribution is 9.10. The van der Waals surface area contributed by atoms with Gasteiger partial charge in [-0.25, -0.2) is 18.1 Å². The van der Waals surface area contributed by atoms with E-state index in [2.05, 4.69) is 25.6 Å². The molecule has 2 N–H and O–H groups in total. The molecule has 110 valence electrons. The predicted octanol–water partition coefficient (Wildman–Crippen LogP) is 2.34. The molecule has 0 aliphatic carbocycles. The van der Waals surface area contributed by atoms with Crippen LogP contribution in [-0.4, -0.2) is 18.5 Å². The third kappa shape index (κ3) is 3.29. The lowest BCUT2D eigenvalue weighted by molar-refractivity contribution is 0.245. The molecule has 0 spiro atoms. The Kier molecular flexibility index (Phi) is 4.65. The zero-order valence-corrected chi connectivity index (χ0v) is 14.0. The number of hydrogen-bond donors (Lipinski definition) is 2. The Labute approximate surface area is 129 Å². The van der Waals surface area contributed by atoms with E-state index in [9.17, 15) is 8.42 Å². The molecule has 0 bridgehead atoms. The standard InChI is InChI=1S/C11H13BrN2O4S2/c1-6-4-13-11(19-6)7(2)14-20(16,17)9-3-8(5-15)18-10(9)12/h3-4,7,14-15H,5H2,1-2H3. The lowest BCUT2D eigenvalue weighted by Crippen LogP contribution is -2.26. The summed E-state index contributed by atoms with van der Waals surface area (Å²) in [6, 6.07) is 0.838. The Morgan fingerprint density at radius 3 is 2.80 bits per heavy atom. The molecule has 9 heteroatoms. The lowest BCUT2D eigenvalue weighted by atomic mass is 10.4. The van der Waals surface area contributed by atoms with Crippen LogP contribution in [0.15, 0.2) is 26.2 Å². The number of rotatable bonds is 5. The maximum absolute atomic E-state index is 12.3. The molecule has 2 heterocycles. The second-order valence-corrected chi connectivity index (χ2v) is 7.83. The van der Waals surface area contributed by atoms with E-state index in [4.69, 9.17) is 9.52 Å². The first-order chi connectivity index (χ1) is 9.33. The molecule has 6 nitrogen and oxygen atoms in total. The minimum Gasteiger partial charge on any atom is -0.450 e. The van der Waals surface area contributed by atoms with Crippen molar-refractivity contribution in [1.29, 1.82) is 0 Å². The third-order valence-corrected chi connectivity index (χ3v) is 5.99. The molecule has 0 aliphatic rings. The van der Waals surface area contributed by atoms with Crippen molar-refractivity contribution in [2.75, 3.05) is 0 Å². The van der Waals surface area contributed by atoms with Crippen molar-refractivity contribution in [3.8, 4) is 0 Å². The molecule has 0 saturated carbocycles. The zero-order chi connectivity index (χ0) is 14.9. The summed E-state index contributed by atoms with van der Waals surface area (Å²) < 4.78 is 32.2. The second-order valence-electron chi connectivity index (χ2n) is 4.16. The van der Waals surface area contributed by atoms with Crippen LogP contribution in [0.1, 0.15) is 28.6 Å². The van der Waals surface area contributed by atoms with Gasteiger partial charge in [-0.1, -0.05) is 0 Å². The molecule has 1 unspecified atom stereocenters. The summed E-state index contributed by atoms with van der Waals surface area (Å²) in [5.74, 6) is 0.176. The number of aliphatic hydroxyl groups excluding tert-OH is 1. The smallest absolute Gasteiger partial charge is 0.245 e. The number of halogens is 1. The molecule has 0 fully saturated rings. The highest BCUT2D eigenvalue weighted by atomic mass is 79.9. The van der Waals surface area contributed by atoms with E-state index in [1.165, 1.54) is 17.4 Å². The van der Waals surface area contributed by atoms with Crippen molar-refractivity contribution < 1.29 is 17.9 Å². The SMILES string of the molecule is Cc1cnc(C(C)NS(=O)(=O)c2cc(CO)oc2Br)s1. The molecule has 0 aromatic carbocycles. The number of aromatic nitrogens is 1. The molecular formula is C11H13BrN2O4S2. The summed E-state index contributed by atoms with van der Waals surface area (Å²) in [5.41, 5.74) is 0. The average Bonchev–Trinajstić information content (AvgIpc) is 2.95. The molecule has 0 radical (unpaired) electrons. The normalized spacial score (nSPS) is 13.6. The highest BCUT2D eigenvalue weighted by Crippen LogP contribution is 2.28. The van der Waals surface area contributed by atoms with Gasteiger partial charge in [-0.3, -0.25) is 0 Å². The van der Waals surface area contributed by atoms with Crippen molar-refractivity contribution in [3.05, 3.63) is 32.6 Å². The van der Waals surface area contributed by atoms with Gasteiger partial charge in [0.15, 0.2) is 4.67 Å². The van der Waals surface area contributed by atoms with Crippen LogP contribution in [0.4, 0.5) is 0 Å². The fourth-order valence-corrected chi connectivity index (χ4v) is 4.63. The van der Waals surface area contributed by atoms with Crippen molar-refractivity contribution in [2.24, 2.45) is 0 Å². The van der Waals surface area contributed by atoms with Crippen LogP contribution in [0.25, 0.3) is 0 Å². The molecule has 0 amide bonds. The number of sulfonamides is 1. The third-order valence-electron chi connectivity index (χ3n) is 2.49. The van der Waals surface area contributed by atoms with Crippen LogP contribution >= 0.6 is 27.3 Å². The molecule has 2 rings (SSSR count). The first kappa shape index (κ1) is 15.6. The van der Waals surface area contributed by atoms with Crippen molar-refractivity contribution in [2.45, 2.75) is 31.4 Å². The molecule has 0 aliphatic heterocycles. The molecular weight excluding hydrogens is 368 g/mol. The Balaban J connectivity index is 2.24. The maximum Gasteiger partial charge on any atom is 0.245 e. The van der Waals surface area contributed by atoms with E-state index in [0.29, 0.717) is 5.01 Å². The fraction of sp³-hybridized carbons (Fsp3) is 0.364. The summed E-state index contributed by atoms with van der Waals surface area (Å²) in [7, 11) is -3.75. The maximum atomic E-state index is 12.3. The highest BCUT2D eigenvalue weighted by Gasteiger charge is 2.25. The Bertz CT molecular complexity index is 708. The van der Waals surface area contributed by atoms with E-state index in [-0.39, 0.29) is 21.9 Å². The van der Waals surface area contributed by atoms with Crippen LogP contribution < -0.4 is 4.72 Å². The summed E-state index contributed by atoms with van der Waals surface area (Å²) in [5, 5.41) is 9.65. The van der Waals surface area contributed by atoms with Crippen LogP contribution in [0, 0.1) is 6.92 Å². The Morgan fingerprint density at radius 2 is 2.30 bits per heavy atom.